The second kappa shape index (κ2) is 10.1. The summed E-state index contributed by atoms with van der Waals surface area (Å²) in [5.74, 6) is -0.269. The number of tetrazole rings is 1. The Balaban J connectivity index is 1.48. The number of anilines is 1. The van der Waals surface area contributed by atoms with Gasteiger partial charge in [0.1, 0.15) is 23.3 Å². The molecule has 1 atom stereocenters. The van der Waals surface area contributed by atoms with Crippen molar-refractivity contribution in [2.45, 2.75) is 26.5 Å². The summed E-state index contributed by atoms with van der Waals surface area (Å²) >= 11 is 0. The van der Waals surface area contributed by atoms with E-state index in [1.54, 1.807) is 56.3 Å². The Labute approximate surface area is 198 Å². The van der Waals surface area contributed by atoms with Gasteiger partial charge in [-0.05, 0) is 25.1 Å². The molecule has 1 unspecified atom stereocenters. The van der Waals surface area contributed by atoms with Crippen molar-refractivity contribution >= 4 is 17.7 Å². The molecule has 0 spiro atoms. The van der Waals surface area contributed by atoms with E-state index in [1.165, 1.54) is 13.2 Å². The van der Waals surface area contributed by atoms with Crippen LogP contribution in [0.3, 0.4) is 0 Å². The summed E-state index contributed by atoms with van der Waals surface area (Å²) in [6.45, 7) is 3.07. The number of methoxy groups -OCH3 is 1. The van der Waals surface area contributed by atoms with Gasteiger partial charge < -0.3 is 14.0 Å². The van der Waals surface area contributed by atoms with Crippen LogP contribution in [0.1, 0.15) is 24.4 Å². The lowest BCUT2D eigenvalue weighted by molar-refractivity contribution is -0.141. The van der Waals surface area contributed by atoms with Crippen LogP contribution in [0.25, 0.3) is 22.6 Å². The van der Waals surface area contributed by atoms with E-state index in [2.05, 4.69) is 30.6 Å². The molecule has 0 fully saturated rings. The Morgan fingerprint density at radius 1 is 1.14 bits per heavy atom. The number of rotatable bonds is 7. The second-order valence-electron chi connectivity index (χ2n) is 7.45. The Bertz CT molecular complexity index is 1350. The largest absolute Gasteiger partial charge is 0.468 e. The monoisotopic (exact) mass is 480 g/mol. The summed E-state index contributed by atoms with van der Waals surface area (Å²) in [6, 6.07) is 13.0. The molecule has 0 bridgehead atoms. The number of aromatic nitrogens is 5. The average molecular weight is 480 g/mol. The first-order valence-electron chi connectivity index (χ1n) is 10.5. The van der Waals surface area contributed by atoms with Gasteiger partial charge >= 0.3 is 12.1 Å². The first-order chi connectivity index (χ1) is 16.9. The van der Waals surface area contributed by atoms with Crippen molar-refractivity contribution in [2.24, 2.45) is 0 Å². The number of benzene rings is 2. The van der Waals surface area contributed by atoms with Gasteiger partial charge in [0, 0.05) is 16.7 Å². The van der Waals surface area contributed by atoms with Gasteiger partial charge in [0.25, 0.3) is 0 Å². The molecule has 2 heterocycles. The zero-order chi connectivity index (χ0) is 24.9. The number of halogens is 1. The van der Waals surface area contributed by atoms with Crippen molar-refractivity contribution in [1.82, 2.24) is 25.4 Å². The van der Waals surface area contributed by atoms with E-state index in [0.29, 0.717) is 34.1 Å². The molecule has 2 aromatic heterocycles. The fraction of sp³-hybridized carbons (Fsp3) is 0.217. The number of ether oxygens (including phenoxy) is 2. The first-order valence-corrected chi connectivity index (χ1v) is 10.5. The number of amides is 1. The summed E-state index contributed by atoms with van der Waals surface area (Å²) < 4.78 is 29.2. The smallest absolute Gasteiger partial charge is 0.412 e. The summed E-state index contributed by atoms with van der Waals surface area (Å²) in [5.41, 5.74) is 2.26. The van der Waals surface area contributed by atoms with Crippen LogP contribution >= 0.6 is 0 Å². The molecule has 0 aliphatic carbocycles. The van der Waals surface area contributed by atoms with Crippen LogP contribution in [-0.4, -0.2) is 44.5 Å². The molecular weight excluding hydrogens is 459 g/mol. The third-order valence-corrected chi connectivity index (χ3v) is 5.08. The highest BCUT2D eigenvalue weighted by Gasteiger charge is 2.21. The quantitative estimate of drug-likeness (QED) is 0.390. The van der Waals surface area contributed by atoms with Crippen LogP contribution in [0.4, 0.5) is 14.9 Å². The average Bonchev–Trinajstić information content (AvgIpc) is 3.46. The van der Waals surface area contributed by atoms with E-state index in [1.807, 2.05) is 0 Å². The lowest BCUT2D eigenvalue weighted by Gasteiger charge is -2.15. The molecule has 0 radical (unpaired) electrons. The number of esters is 1. The highest BCUT2D eigenvalue weighted by molar-refractivity contribution is 5.91. The molecular formula is C23H21FN6O5. The highest BCUT2D eigenvalue weighted by atomic mass is 19.1. The number of hydrogen-bond donors (Lipinski definition) is 1. The van der Waals surface area contributed by atoms with Gasteiger partial charge in [-0.15, -0.1) is 10.2 Å². The highest BCUT2D eigenvalue weighted by Crippen LogP contribution is 2.32. The van der Waals surface area contributed by atoms with Gasteiger partial charge in [-0.1, -0.05) is 47.6 Å². The van der Waals surface area contributed by atoms with Crippen LogP contribution in [0.15, 0.2) is 53.1 Å². The topological polar surface area (TPSA) is 134 Å². The second-order valence-corrected chi connectivity index (χ2v) is 7.45. The van der Waals surface area contributed by atoms with E-state index >= 15 is 0 Å². The van der Waals surface area contributed by atoms with Crippen molar-refractivity contribution in [3.05, 3.63) is 65.7 Å². The van der Waals surface area contributed by atoms with Crippen molar-refractivity contribution in [1.29, 1.82) is 0 Å². The zero-order valence-corrected chi connectivity index (χ0v) is 19.1. The molecule has 4 aromatic rings. The van der Waals surface area contributed by atoms with Crippen LogP contribution in [0.5, 0.6) is 0 Å². The van der Waals surface area contributed by atoms with Gasteiger partial charge in [-0.3, -0.25) is 5.32 Å². The molecule has 11 nitrogen and oxygen atoms in total. The molecule has 1 N–H and O–H groups in total. The van der Waals surface area contributed by atoms with Gasteiger partial charge in [0.05, 0.1) is 7.11 Å². The van der Waals surface area contributed by atoms with E-state index < -0.39 is 24.0 Å². The van der Waals surface area contributed by atoms with Gasteiger partial charge in [-0.2, -0.15) is 4.80 Å². The molecule has 0 saturated heterocycles. The molecule has 12 heteroatoms. The maximum Gasteiger partial charge on any atom is 0.412 e. The third-order valence-electron chi connectivity index (χ3n) is 5.08. The molecule has 180 valence electrons. The number of hydrogen-bond acceptors (Lipinski definition) is 9. The standard InChI is InChI=1S/C23H21FN6O5/c1-13(17-6-4-5-7-18(17)24)34-23(32)25-20-14(2)35-28-21(20)15-8-10-16(11-9-15)22-26-29-30(27-22)12-19(31)33-3/h4-11,13H,12H2,1-3H3,(H,25,32). The first kappa shape index (κ1) is 23.5. The normalized spacial score (nSPS) is 11.7. The number of nitrogens with one attached hydrogen (secondary N) is 1. The Morgan fingerprint density at radius 3 is 2.57 bits per heavy atom. The van der Waals surface area contributed by atoms with Crippen LogP contribution < -0.4 is 5.32 Å². The maximum atomic E-state index is 14.0. The Hall–Kier alpha value is -4.61. The number of carbonyl (C=O) groups is 2. The minimum absolute atomic E-state index is 0.152. The zero-order valence-electron chi connectivity index (χ0n) is 19.1. The van der Waals surface area contributed by atoms with Gasteiger partial charge in [0.15, 0.2) is 12.3 Å². The third kappa shape index (κ3) is 5.32. The predicted octanol–water partition coefficient (Wildman–Crippen LogP) is 3.93. The fourth-order valence-electron chi connectivity index (χ4n) is 3.26. The van der Waals surface area contributed by atoms with Crippen LogP contribution in [0, 0.1) is 12.7 Å². The molecule has 2 aromatic carbocycles. The van der Waals surface area contributed by atoms with Crippen molar-refractivity contribution in [3.8, 4) is 22.6 Å². The summed E-state index contributed by atoms with van der Waals surface area (Å²) in [6.07, 6.45) is -1.59. The van der Waals surface area contributed by atoms with E-state index in [9.17, 15) is 14.0 Å². The molecule has 4 rings (SSSR count). The molecule has 1 amide bonds. The van der Waals surface area contributed by atoms with E-state index in [0.717, 1.165) is 4.80 Å². The SMILES string of the molecule is COC(=O)Cn1nnc(-c2ccc(-c3noc(C)c3NC(=O)OC(C)c3ccccc3F)cc2)n1. The van der Waals surface area contributed by atoms with Crippen molar-refractivity contribution in [3.63, 3.8) is 0 Å². The summed E-state index contributed by atoms with van der Waals surface area (Å²) in [5, 5.41) is 18.6. The lowest BCUT2D eigenvalue weighted by atomic mass is 10.1. The van der Waals surface area contributed by atoms with Crippen LogP contribution in [-0.2, 0) is 20.8 Å². The lowest BCUT2D eigenvalue weighted by Crippen LogP contribution is -2.17. The van der Waals surface area contributed by atoms with Gasteiger partial charge in [0.2, 0.25) is 5.82 Å². The van der Waals surface area contributed by atoms with Crippen molar-refractivity contribution < 1.29 is 28.0 Å². The minimum atomic E-state index is -0.806. The fourth-order valence-corrected chi connectivity index (χ4v) is 3.26. The molecule has 0 aliphatic heterocycles. The molecule has 35 heavy (non-hydrogen) atoms. The van der Waals surface area contributed by atoms with Crippen LogP contribution in [0.2, 0.25) is 0 Å². The number of nitrogens with zero attached hydrogens (tertiary/aromatic N) is 5. The summed E-state index contributed by atoms with van der Waals surface area (Å²) in [7, 11) is 1.27. The molecule has 0 saturated carbocycles. The minimum Gasteiger partial charge on any atom is -0.468 e. The van der Waals surface area contributed by atoms with E-state index in [-0.39, 0.29) is 12.1 Å². The van der Waals surface area contributed by atoms with E-state index in [4.69, 9.17) is 9.26 Å². The predicted molar refractivity (Wildman–Crippen MR) is 120 cm³/mol. The Morgan fingerprint density at radius 2 is 1.86 bits per heavy atom. The Kier molecular flexibility index (Phi) is 6.81. The van der Waals surface area contributed by atoms with Gasteiger partial charge in [-0.25, -0.2) is 14.0 Å². The maximum absolute atomic E-state index is 14.0. The number of aryl methyl sites for hydroxylation is 1. The number of carbonyl (C=O) groups excluding carboxylic acids is 2. The summed E-state index contributed by atoms with van der Waals surface area (Å²) in [4.78, 5) is 25.0. The molecule has 0 aliphatic rings. The van der Waals surface area contributed by atoms with Crippen molar-refractivity contribution in [2.75, 3.05) is 12.4 Å².